The molecule has 98 valence electrons. The Kier molecular flexibility index (Phi) is 4.28. The highest BCUT2D eigenvalue weighted by Gasteiger charge is 2.18. The Balaban J connectivity index is 1.89. The lowest BCUT2D eigenvalue weighted by Gasteiger charge is -2.28. The van der Waals surface area contributed by atoms with E-state index in [4.69, 9.17) is 4.74 Å². The summed E-state index contributed by atoms with van der Waals surface area (Å²) >= 11 is 0. The number of rotatable bonds is 4. The van der Waals surface area contributed by atoms with Crippen molar-refractivity contribution in [1.82, 2.24) is 5.32 Å². The van der Waals surface area contributed by atoms with Gasteiger partial charge in [0.1, 0.15) is 0 Å². The monoisotopic (exact) mass is 250 g/mol. The van der Waals surface area contributed by atoms with Crippen LogP contribution in [0.15, 0.2) is 24.3 Å². The van der Waals surface area contributed by atoms with E-state index >= 15 is 0 Å². The summed E-state index contributed by atoms with van der Waals surface area (Å²) in [7, 11) is 0. The third-order valence-electron chi connectivity index (χ3n) is 3.11. The maximum atomic E-state index is 10.7. The van der Waals surface area contributed by atoms with Gasteiger partial charge in [-0.1, -0.05) is 12.1 Å². The Morgan fingerprint density at radius 2 is 2.33 bits per heavy atom. The number of non-ortho nitro benzene ring substituents is 1. The van der Waals surface area contributed by atoms with E-state index in [1.165, 1.54) is 6.07 Å². The van der Waals surface area contributed by atoms with Gasteiger partial charge in [0.2, 0.25) is 0 Å². The first kappa shape index (κ1) is 13.0. The highest BCUT2D eigenvalue weighted by Crippen LogP contribution is 2.15. The SMILES string of the molecule is CC1COCC(CCc2cccc([N+](=O)[O-])c2)N1. The average Bonchev–Trinajstić information content (AvgIpc) is 2.37. The predicted molar refractivity (Wildman–Crippen MR) is 68.6 cm³/mol. The van der Waals surface area contributed by atoms with E-state index < -0.39 is 0 Å². The second-order valence-electron chi connectivity index (χ2n) is 4.77. The van der Waals surface area contributed by atoms with Crippen LogP contribution in [0.2, 0.25) is 0 Å². The number of nitrogens with zero attached hydrogens (tertiary/aromatic N) is 1. The van der Waals surface area contributed by atoms with Crippen molar-refractivity contribution in [2.45, 2.75) is 31.8 Å². The molecule has 1 aliphatic rings. The fourth-order valence-corrected chi connectivity index (χ4v) is 2.22. The standard InChI is InChI=1S/C13H18N2O3/c1-10-8-18-9-12(14-10)6-5-11-3-2-4-13(7-11)15(16)17/h2-4,7,10,12,14H,5-6,8-9H2,1H3. The van der Waals surface area contributed by atoms with Gasteiger partial charge in [0.05, 0.1) is 18.1 Å². The van der Waals surface area contributed by atoms with Gasteiger partial charge in [-0.25, -0.2) is 0 Å². The molecule has 0 radical (unpaired) electrons. The minimum Gasteiger partial charge on any atom is -0.378 e. The number of benzene rings is 1. The summed E-state index contributed by atoms with van der Waals surface area (Å²) in [5.74, 6) is 0. The molecule has 5 nitrogen and oxygen atoms in total. The first-order valence-electron chi connectivity index (χ1n) is 6.22. The number of morpholine rings is 1. The van der Waals surface area contributed by atoms with E-state index in [0.29, 0.717) is 12.1 Å². The molecular formula is C13H18N2O3. The van der Waals surface area contributed by atoms with Gasteiger partial charge in [0, 0.05) is 24.2 Å². The summed E-state index contributed by atoms with van der Waals surface area (Å²) in [4.78, 5) is 10.3. The zero-order chi connectivity index (χ0) is 13.0. The van der Waals surface area contributed by atoms with E-state index in [-0.39, 0.29) is 10.6 Å². The molecule has 2 atom stereocenters. The van der Waals surface area contributed by atoms with E-state index in [0.717, 1.165) is 31.6 Å². The molecule has 0 bridgehead atoms. The van der Waals surface area contributed by atoms with Gasteiger partial charge in [-0.2, -0.15) is 0 Å². The van der Waals surface area contributed by atoms with E-state index in [1.807, 2.05) is 6.07 Å². The van der Waals surface area contributed by atoms with Gasteiger partial charge in [-0.15, -0.1) is 0 Å². The van der Waals surface area contributed by atoms with Crippen LogP contribution in [0, 0.1) is 10.1 Å². The van der Waals surface area contributed by atoms with Gasteiger partial charge >= 0.3 is 0 Å². The van der Waals surface area contributed by atoms with Crippen molar-refractivity contribution < 1.29 is 9.66 Å². The summed E-state index contributed by atoms with van der Waals surface area (Å²) in [5.41, 5.74) is 1.16. The van der Waals surface area contributed by atoms with Crippen molar-refractivity contribution in [3.63, 3.8) is 0 Å². The largest absolute Gasteiger partial charge is 0.378 e. The van der Waals surface area contributed by atoms with E-state index in [2.05, 4.69) is 12.2 Å². The molecule has 1 aromatic carbocycles. The van der Waals surface area contributed by atoms with E-state index in [1.54, 1.807) is 12.1 Å². The van der Waals surface area contributed by atoms with E-state index in [9.17, 15) is 10.1 Å². The van der Waals surface area contributed by atoms with Crippen LogP contribution in [0.5, 0.6) is 0 Å². The van der Waals surface area contributed by atoms with Crippen molar-refractivity contribution in [2.24, 2.45) is 0 Å². The molecule has 2 rings (SSSR count). The first-order valence-corrected chi connectivity index (χ1v) is 6.22. The Labute approximate surface area is 106 Å². The Bertz CT molecular complexity index is 422. The topological polar surface area (TPSA) is 64.4 Å². The molecule has 0 saturated carbocycles. The minimum absolute atomic E-state index is 0.161. The maximum Gasteiger partial charge on any atom is 0.269 e. The van der Waals surface area contributed by atoms with Crippen LogP contribution >= 0.6 is 0 Å². The Hall–Kier alpha value is -1.46. The van der Waals surface area contributed by atoms with Crippen LogP contribution in [-0.4, -0.2) is 30.2 Å². The lowest BCUT2D eigenvalue weighted by molar-refractivity contribution is -0.384. The fourth-order valence-electron chi connectivity index (χ4n) is 2.22. The Morgan fingerprint density at radius 3 is 3.06 bits per heavy atom. The van der Waals surface area contributed by atoms with Crippen LogP contribution in [-0.2, 0) is 11.2 Å². The van der Waals surface area contributed by atoms with Crippen molar-refractivity contribution in [1.29, 1.82) is 0 Å². The first-order chi connectivity index (χ1) is 8.65. The summed E-state index contributed by atoms with van der Waals surface area (Å²) < 4.78 is 5.47. The molecule has 1 saturated heterocycles. The molecule has 0 aliphatic carbocycles. The molecule has 0 amide bonds. The number of aryl methyl sites for hydroxylation is 1. The molecule has 18 heavy (non-hydrogen) atoms. The average molecular weight is 250 g/mol. The van der Waals surface area contributed by atoms with Crippen LogP contribution < -0.4 is 5.32 Å². The molecule has 1 aromatic rings. The van der Waals surface area contributed by atoms with Gasteiger partial charge in [0.15, 0.2) is 0 Å². The number of nitrogens with one attached hydrogen (secondary N) is 1. The molecule has 0 spiro atoms. The number of nitro groups is 1. The van der Waals surface area contributed by atoms with Gasteiger partial charge in [-0.05, 0) is 25.3 Å². The minimum atomic E-state index is -0.354. The lowest BCUT2D eigenvalue weighted by atomic mass is 10.0. The second-order valence-corrected chi connectivity index (χ2v) is 4.77. The zero-order valence-corrected chi connectivity index (χ0v) is 10.5. The van der Waals surface area contributed by atoms with Gasteiger partial charge < -0.3 is 10.1 Å². The highest BCUT2D eigenvalue weighted by atomic mass is 16.6. The van der Waals surface area contributed by atoms with Crippen LogP contribution in [0.3, 0.4) is 0 Å². The molecule has 2 unspecified atom stereocenters. The molecule has 5 heteroatoms. The smallest absolute Gasteiger partial charge is 0.269 e. The van der Waals surface area contributed by atoms with Crippen LogP contribution in [0.25, 0.3) is 0 Å². The number of ether oxygens (including phenoxy) is 1. The third kappa shape index (κ3) is 3.51. The number of nitro benzene ring substituents is 1. The fraction of sp³-hybridized carbons (Fsp3) is 0.538. The van der Waals surface area contributed by atoms with Crippen LogP contribution in [0.4, 0.5) is 5.69 Å². The molecular weight excluding hydrogens is 232 g/mol. The summed E-state index contributed by atoms with van der Waals surface area (Å²) in [5, 5.41) is 14.1. The zero-order valence-electron chi connectivity index (χ0n) is 10.5. The van der Waals surface area contributed by atoms with Crippen molar-refractivity contribution in [3.8, 4) is 0 Å². The maximum absolute atomic E-state index is 10.7. The molecule has 1 fully saturated rings. The van der Waals surface area contributed by atoms with Crippen LogP contribution in [0.1, 0.15) is 18.9 Å². The molecule has 1 N–H and O–H groups in total. The quantitative estimate of drug-likeness (QED) is 0.655. The highest BCUT2D eigenvalue weighted by molar-refractivity contribution is 5.34. The lowest BCUT2D eigenvalue weighted by Crippen LogP contribution is -2.47. The summed E-state index contributed by atoms with van der Waals surface area (Å²) in [6.07, 6.45) is 1.76. The van der Waals surface area contributed by atoms with Crippen molar-refractivity contribution >= 4 is 5.69 Å². The van der Waals surface area contributed by atoms with Crippen molar-refractivity contribution in [3.05, 3.63) is 39.9 Å². The normalized spacial score (nSPS) is 23.8. The summed E-state index contributed by atoms with van der Waals surface area (Å²) in [6.45, 7) is 3.58. The Morgan fingerprint density at radius 1 is 1.50 bits per heavy atom. The molecule has 0 aromatic heterocycles. The molecule has 1 aliphatic heterocycles. The third-order valence-corrected chi connectivity index (χ3v) is 3.11. The summed E-state index contributed by atoms with van der Waals surface area (Å²) in [6, 6.07) is 7.56. The van der Waals surface area contributed by atoms with Crippen molar-refractivity contribution in [2.75, 3.05) is 13.2 Å². The molecule has 1 heterocycles. The van der Waals surface area contributed by atoms with Gasteiger partial charge in [0.25, 0.3) is 5.69 Å². The number of hydrogen-bond acceptors (Lipinski definition) is 4. The second kappa shape index (κ2) is 5.93. The predicted octanol–water partition coefficient (Wildman–Crippen LogP) is 1.90. The van der Waals surface area contributed by atoms with Gasteiger partial charge in [-0.3, -0.25) is 10.1 Å². The number of hydrogen-bond donors (Lipinski definition) is 1.